The third-order valence-corrected chi connectivity index (χ3v) is 6.94. The standard InChI is InChI=1S/C24H27ClN3O4P/c1-15(2)14-28-20-8-7-19(25)16(3)22(20)27-24(28)23-21(33(29,30)31)13-18(32-23)6-4-5-17-9-11-26-12-10-17/h7-13,15H,4-6,14H2,1-3H3,(H2,29,30,31). The van der Waals surface area contributed by atoms with Crippen LogP contribution < -0.4 is 5.30 Å². The molecule has 0 amide bonds. The Labute approximate surface area is 197 Å². The number of furan rings is 1. The van der Waals surface area contributed by atoms with Crippen LogP contribution in [0.3, 0.4) is 0 Å². The van der Waals surface area contributed by atoms with Crippen LogP contribution in [0.1, 0.15) is 37.2 Å². The van der Waals surface area contributed by atoms with Crippen LogP contribution in [0.2, 0.25) is 5.02 Å². The van der Waals surface area contributed by atoms with Gasteiger partial charge in [-0.15, -0.1) is 0 Å². The number of halogens is 1. The van der Waals surface area contributed by atoms with E-state index < -0.39 is 7.60 Å². The van der Waals surface area contributed by atoms with Crippen LogP contribution in [0.25, 0.3) is 22.6 Å². The zero-order chi connectivity index (χ0) is 23.8. The maximum absolute atomic E-state index is 12.4. The van der Waals surface area contributed by atoms with E-state index in [2.05, 4.69) is 18.8 Å². The molecule has 3 aromatic heterocycles. The fourth-order valence-electron chi connectivity index (χ4n) is 3.97. The highest BCUT2D eigenvalue weighted by atomic mass is 35.5. The van der Waals surface area contributed by atoms with Gasteiger partial charge in [-0.25, -0.2) is 4.98 Å². The van der Waals surface area contributed by atoms with Gasteiger partial charge in [-0.1, -0.05) is 25.4 Å². The lowest BCUT2D eigenvalue weighted by Crippen LogP contribution is -2.10. The number of pyridine rings is 1. The lowest BCUT2D eigenvalue weighted by molar-refractivity contribution is 0.387. The number of hydrogen-bond acceptors (Lipinski definition) is 4. The maximum Gasteiger partial charge on any atom is 0.360 e. The van der Waals surface area contributed by atoms with Gasteiger partial charge in [0.25, 0.3) is 0 Å². The molecule has 174 valence electrons. The summed E-state index contributed by atoms with van der Waals surface area (Å²) in [4.78, 5) is 28.9. The van der Waals surface area contributed by atoms with E-state index in [4.69, 9.17) is 21.0 Å². The Kier molecular flexibility index (Phi) is 6.78. The Morgan fingerprint density at radius 1 is 1.15 bits per heavy atom. The minimum atomic E-state index is -4.59. The minimum Gasteiger partial charge on any atom is -0.457 e. The Bertz CT molecular complexity index is 1320. The highest BCUT2D eigenvalue weighted by Crippen LogP contribution is 2.41. The van der Waals surface area contributed by atoms with E-state index in [0.29, 0.717) is 35.1 Å². The number of benzene rings is 1. The molecule has 0 fully saturated rings. The number of rotatable bonds is 8. The van der Waals surface area contributed by atoms with Crippen LogP contribution in [-0.2, 0) is 24.0 Å². The van der Waals surface area contributed by atoms with Gasteiger partial charge in [0.2, 0.25) is 0 Å². The van der Waals surface area contributed by atoms with Crippen molar-refractivity contribution in [1.29, 1.82) is 0 Å². The molecule has 2 N–H and O–H groups in total. The van der Waals surface area contributed by atoms with Gasteiger partial charge in [0.05, 0.1) is 11.0 Å². The monoisotopic (exact) mass is 487 g/mol. The van der Waals surface area contributed by atoms with E-state index in [0.717, 1.165) is 29.5 Å². The first-order valence-electron chi connectivity index (χ1n) is 10.9. The molecular formula is C24H27ClN3O4P. The van der Waals surface area contributed by atoms with E-state index in [1.54, 1.807) is 12.4 Å². The molecule has 0 aliphatic heterocycles. The molecule has 3 heterocycles. The summed E-state index contributed by atoms with van der Waals surface area (Å²) in [5.74, 6) is 1.33. The normalized spacial score (nSPS) is 12.2. The van der Waals surface area contributed by atoms with Crippen LogP contribution in [-0.4, -0.2) is 24.3 Å². The van der Waals surface area contributed by atoms with Crippen molar-refractivity contribution in [2.75, 3.05) is 0 Å². The van der Waals surface area contributed by atoms with Gasteiger partial charge in [0.1, 0.15) is 11.1 Å². The first kappa shape index (κ1) is 23.7. The van der Waals surface area contributed by atoms with E-state index in [1.807, 2.05) is 35.8 Å². The smallest absolute Gasteiger partial charge is 0.360 e. The number of aryl methyl sites for hydroxylation is 3. The van der Waals surface area contributed by atoms with Crippen LogP contribution in [0.4, 0.5) is 0 Å². The third-order valence-electron chi connectivity index (χ3n) is 5.57. The number of aromatic nitrogens is 3. The molecular weight excluding hydrogens is 461 g/mol. The van der Waals surface area contributed by atoms with E-state index in [9.17, 15) is 14.4 Å². The first-order chi connectivity index (χ1) is 15.6. The van der Waals surface area contributed by atoms with Crippen LogP contribution in [0, 0.1) is 12.8 Å². The molecule has 4 aromatic rings. The summed E-state index contributed by atoms with van der Waals surface area (Å²) < 4.78 is 20.4. The van der Waals surface area contributed by atoms with E-state index >= 15 is 0 Å². The second kappa shape index (κ2) is 9.43. The number of fused-ring (bicyclic) bond motifs is 1. The maximum atomic E-state index is 12.4. The van der Waals surface area contributed by atoms with Gasteiger partial charge in [-0.05, 0) is 67.1 Å². The summed E-state index contributed by atoms with van der Waals surface area (Å²) >= 11 is 6.32. The van der Waals surface area contributed by atoms with Crippen molar-refractivity contribution in [2.24, 2.45) is 5.92 Å². The van der Waals surface area contributed by atoms with Gasteiger partial charge in [0.15, 0.2) is 11.6 Å². The first-order valence-corrected chi connectivity index (χ1v) is 12.9. The number of imidazole rings is 1. The average Bonchev–Trinajstić information content (AvgIpc) is 3.33. The van der Waals surface area contributed by atoms with Crippen molar-refractivity contribution in [1.82, 2.24) is 14.5 Å². The van der Waals surface area contributed by atoms with Crippen molar-refractivity contribution in [3.05, 3.63) is 64.6 Å². The number of hydrogen-bond donors (Lipinski definition) is 2. The quantitative estimate of drug-likeness (QED) is 0.327. The molecule has 0 radical (unpaired) electrons. The third kappa shape index (κ3) is 5.07. The lowest BCUT2D eigenvalue weighted by Gasteiger charge is -2.12. The van der Waals surface area contributed by atoms with Crippen LogP contribution in [0.5, 0.6) is 0 Å². The summed E-state index contributed by atoms with van der Waals surface area (Å²) in [6, 6.07) is 9.09. The van der Waals surface area contributed by atoms with E-state index in [-0.39, 0.29) is 17.0 Å². The fourth-order valence-corrected chi connectivity index (χ4v) is 4.85. The minimum absolute atomic E-state index is 0.120. The summed E-state index contributed by atoms with van der Waals surface area (Å²) in [7, 11) is -4.59. The van der Waals surface area contributed by atoms with Gasteiger partial charge >= 0.3 is 7.60 Å². The largest absolute Gasteiger partial charge is 0.457 e. The summed E-state index contributed by atoms with van der Waals surface area (Å²) in [6.07, 6.45) is 5.63. The topological polar surface area (TPSA) is 101 Å². The van der Waals surface area contributed by atoms with Crippen LogP contribution >= 0.6 is 19.2 Å². The number of nitrogens with zero attached hydrogens (tertiary/aromatic N) is 3. The molecule has 0 unspecified atom stereocenters. The van der Waals surface area contributed by atoms with Crippen molar-refractivity contribution < 1.29 is 18.8 Å². The Hall–Kier alpha value is -2.44. The zero-order valence-electron chi connectivity index (χ0n) is 18.8. The van der Waals surface area contributed by atoms with Crippen LogP contribution in [0.15, 0.2) is 47.1 Å². The van der Waals surface area contributed by atoms with Gasteiger partial charge in [-0.3, -0.25) is 9.55 Å². The molecule has 7 nitrogen and oxygen atoms in total. The Balaban J connectivity index is 1.77. The van der Waals surface area contributed by atoms with Crippen molar-refractivity contribution in [3.8, 4) is 11.6 Å². The average molecular weight is 488 g/mol. The lowest BCUT2D eigenvalue weighted by atomic mass is 10.1. The zero-order valence-corrected chi connectivity index (χ0v) is 20.5. The molecule has 0 saturated heterocycles. The van der Waals surface area contributed by atoms with Gasteiger partial charge < -0.3 is 18.8 Å². The van der Waals surface area contributed by atoms with Gasteiger partial charge in [0, 0.05) is 30.4 Å². The van der Waals surface area contributed by atoms with E-state index in [1.165, 1.54) is 6.07 Å². The fraction of sp³-hybridized carbons (Fsp3) is 0.333. The summed E-state index contributed by atoms with van der Waals surface area (Å²) in [6.45, 7) is 6.66. The van der Waals surface area contributed by atoms with Crippen molar-refractivity contribution in [2.45, 2.75) is 46.6 Å². The predicted molar refractivity (Wildman–Crippen MR) is 130 cm³/mol. The molecule has 0 aliphatic carbocycles. The molecule has 0 bridgehead atoms. The molecule has 4 rings (SSSR count). The highest BCUT2D eigenvalue weighted by Gasteiger charge is 2.31. The Morgan fingerprint density at radius 3 is 2.55 bits per heavy atom. The highest BCUT2D eigenvalue weighted by molar-refractivity contribution is 7.60. The molecule has 1 aromatic carbocycles. The van der Waals surface area contributed by atoms with Gasteiger partial charge in [-0.2, -0.15) is 0 Å². The second-order valence-electron chi connectivity index (χ2n) is 8.66. The molecule has 33 heavy (non-hydrogen) atoms. The molecule has 9 heteroatoms. The summed E-state index contributed by atoms with van der Waals surface area (Å²) in [5.41, 5.74) is 3.52. The van der Waals surface area contributed by atoms with Crippen molar-refractivity contribution in [3.63, 3.8) is 0 Å². The Morgan fingerprint density at radius 2 is 1.88 bits per heavy atom. The molecule has 0 spiro atoms. The molecule has 0 saturated carbocycles. The van der Waals surface area contributed by atoms with Crippen molar-refractivity contribution >= 4 is 35.5 Å². The second-order valence-corrected chi connectivity index (χ2v) is 10.6. The predicted octanol–water partition coefficient (Wildman–Crippen LogP) is 5.29. The SMILES string of the molecule is Cc1c(Cl)ccc2c1nc(-c1oc(CCCc3ccncc3)cc1P(=O)(O)O)n2CC(C)C. The summed E-state index contributed by atoms with van der Waals surface area (Å²) in [5, 5.41) is 0.458. The molecule has 0 atom stereocenters. The molecule has 0 aliphatic rings.